The maximum absolute atomic E-state index is 12.6. The van der Waals surface area contributed by atoms with E-state index in [2.05, 4.69) is 15.5 Å². The lowest BCUT2D eigenvalue weighted by molar-refractivity contribution is -0.116. The summed E-state index contributed by atoms with van der Waals surface area (Å²) in [7, 11) is 0. The van der Waals surface area contributed by atoms with Crippen molar-refractivity contribution >= 4 is 33.1 Å². The van der Waals surface area contributed by atoms with E-state index in [-0.39, 0.29) is 12.3 Å². The van der Waals surface area contributed by atoms with Crippen molar-refractivity contribution < 1.29 is 9.32 Å². The van der Waals surface area contributed by atoms with Crippen LogP contribution in [0.1, 0.15) is 17.9 Å². The van der Waals surface area contributed by atoms with Gasteiger partial charge in [-0.15, -0.1) is 11.3 Å². The molecule has 1 amide bonds. The molecule has 0 unspecified atom stereocenters. The summed E-state index contributed by atoms with van der Waals surface area (Å²) in [6, 6.07) is 23.6. The zero-order chi connectivity index (χ0) is 21.9. The molecule has 0 aliphatic rings. The lowest BCUT2D eigenvalue weighted by Crippen LogP contribution is -2.13. The van der Waals surface area contributed by atoms with Crippen molar-refractivity contribution in [1.82, 2.24) is 15.1 Å². The van der Waals surface area contributed by atoms with Crippen LogP contribution in [0, 0.1) is 6.92 Å². The second-order valence-electron chi connectivity index (χ2n) is 7.46. The summed E-state index contributed by atoms with van der Waals surface area (Å²) in [4.78, 5) is 21.8. The van der Waals surface area contributed by atoms with Crippen LogP contribution in [-0.4, -0.2) is 21.0 Å². The molecule has 0 saturated carbocycles. The number of amides is 1. The van der Waals surface area contributed by atoms with Gasteiger partial charge in [-0.2, -0.15) is 4.98 Å². The number of benzene rings is 3. The average Bonchev–Trinajstić information content (AvgIpc) is 3.46. The van der Waals surface area contributed by atoms with Crippen LogP contribution in [-0.2, 0) is 11.2 Å². The van der Waals surface area contributed by atoms with E-state index in [1.165, 1.54) is 5.56 Å². The maximum atomic E-state index is 12.6. The van der Waals surface area contributed by atoms with Gasteiger partial charge in [-0.25, -0.2) is 4.98 Å². The number of anilines is 1. The smallest absolute Gasteiger partial charge is 0.227 e. The van der Waals surface area contributed by atoms with E-state index in [0.717, 1.165) is 32.0 Å². The average molecular weight is 441 g/mol. The first-order valence-corrected chi connectivity index (χ1v) is 11.1. The molecule has 2 heterocycles. The van der Waals surface area contributed by atoms with E-state index in [9.17, 15) is 4.79 Å². The molecule has 7 heteroatoms. The summed E-state index contributed by atoms with van der Waals surface area (Å²) >= 11 is 1.61. The number of rotatable bonds is 6. The zero-order valence-electron chi connectivity index (χ0n) is 17.4. The topological polar surface area (TPSA) is 80.9 Å². The Balaban J connectivity index is 1.27. The van der Waals surface area contributed by atoms with Crippen molar-refractivity contribution in [2.24, 2.45) is 0 Å². The standard InChI is InChI=1S/C25H20N4O2S/c1-16-10-12-17(13-11-16)24-28-23(31-29-24)15-14-22(30)26-19-7-3-2-6-18(19)25-27-20-8-4-5-9-21(20)32-25/h2-13H,14-15H2,1H3,(H,26,30). The van der Waals surface area contributed by atoms with Crippen LogP contribution in [0.3, 0.4) is 0 Å². The normalized spacial score (nSPS) is 11.0. The summed E-state index contributed by atoms with van der Waals surface area (Å²) in [6.45, 7) is 2.03. The number of hydrogen-bond donors (Lipinski definition) is 1. The van der Waals surface area contributed by atoms with Gasteiger partial charge >= 0.3 is 0 Å². The fourth-order valence-electron chi connectivity index (χ4n) is 3.38. The first-order chi connectivity index (χ1) is 15.7. The number of aromatic nitrogens is 3. The Kier molecular flexibility index (Phi) is 5.47. The van der Waals surface area contributed by atoms with Crippen LogP contribution in [0.15, 0.2) is 77.3 Å². The van der Waals surface area contributed by atoms with E-state index in [0.29, 0.717) is 18.1 Å². The fraction of sp³-hybridized carbons (Fsp3) is 0.120. The summed E-state index contributed by atoms with van der Waals surface area (Å²) in [5.74, 6) is 0.852. The molecule has 0 radical (unpaired) electrons. The molecule has 1 N–H and O–H groups in total. The number of hydrogen-bond acceptors (Lipinski definition) is 6. The molecule has 5 rings (SSSR count). The minimum absolute atomic E-state index is 0.117. The molecular weight excluding hydrogens is 420 g/mol. The lowest BCUT2D eigenvalue weighted by Gasteiger charge is -2.08. The van der Waals surface area contributed by atoms with Gasteiger partial charge in [-0.1, -0.05) is 59.3 Å². The van der Waals surface area contributed by atoms with Crippen LogP contribution in [0.25, 0.3) is 32.2 Å². The van der Waals surface area contributed by atoms with E-state index >= 15 is 0 Å². The van der Waals surface area contributed by atoms with Crippen molar-refractivity contribution in [3.8, 4) is 22.0 Å². The minimum atomic E-state index is -0.117. The maximum Gasteiger partial charge on any atom is 0.227 e. The molecular formula is C25H20N4O2S. The number of carbonyl (C=O) groups is 1. The molecule has 2 aromatic heterocycles. The molecule has 0 spiro atoms. The van der Waals surface area contributed by atoms with Crippen LogP contribution < -0.4 is 5.32 Å². The predicted octanol–water partition coefficient (Wildman–Crippen LogP) is 5.89. The fourth-order valence-corrected chi connectivity index (χ4v) is 4.38. The third kappa shape index (κ3) is 4.29. The van der Waals surface area contributed by atoms with Gasteiger partial charge in [0.2, 0.25) is 17.6 Å². The molecule has 5 aromatic rings. The molecule has 32 heavy (non-hydrogen) atoms. The lowest BCUT2D eigenvalue weighted by atomic mass is 10.1. The van der Waals surface area contributed by atoms with Crippen molar-refractivity contribution in [2.75, 3.05) is 5.32 Å². The number of aryl methyl sites for hydroxylation is 2. The van der Waals surface area contributed by atoms with Gasteiger partial charge in [0.15, 0.2) is 0 Å². The van der Waals surface area contributed by atoms with Crippen molar-refractivity contribution in [3.05, 3.63) is 84.3 Å². The monoisotopic (exact) mass is 440 g/mol. The Morgan fingerprint density at radius 3 is 2.59 bits per heavy atom. The number of fused-ring (bicyclic) bond motifs is 1. The van der Waals surface area contributed by atoms with Gasteiger partial charge in [-0.05, 0) is 31.2 Å². The first-order valence-electron chi connectivity index (χ1n) is 10.3. The molecule has 0 aliphatic carbocycles. The summed E-state index contributed by atoms with van der Waals surface area (Å²) in [5, 5.41) is 7.91. The number of carbonyl (C=O) groups excluding carboxylic acids is 1. The Morgan fingerprint density at radius 2 is 1.75 bits per heavy atom. The van der Waals surface area contributed by atoms with Gasteiger partial charge in [0.1, 0.15) is 5.01 Å². The van der Waals surface area contributed by atoms with Gasteiger partial charge in [0, 0.05) is 24.0 Å². The second kappa shape index (κ2) is 8.72. The van der Waals surface area contributed by atoms with E-state index in [4.69, 9.17) is 9.51 Å². The summed E-state index contributed by atoms with van der Waals surface area (Å²) in [5.41, 5.74) is 4.65. The minimum Gasteiger partial charge on any atom is -0.339 e. The molecule has 3 aromatic carbocycles. The molecule has 158 valence electrons. The van der Waals surface area contributed by atoms with Gasteiger partial charge in [0.25, 0.3) is 0 Å². The Hall–Kier alpha value is -3.84. The quantitative estimate of drug-likeness (QED) is 0.356. The Morgan fingerprint density at radius 1 is 0.969 bits per heavy atom. The highest BCUT2D eigenvalue weighted by atomic mass is 32.1. The summed E-state index contributed by atoms with van der Waals surface area (Å²) < 4.78 is 6.44. The first kappa shape index (κ1) is 20.1. The molecule has 0 saturated heterocycles. The Labute approximate surface area is 189 Å². The number of nitrogens with one attached hydrogen (secondary N) is 1. The number of para-hydroxylation sites is 2. The zero-order valence-corrected chi connectivity index (χ0v) is 18.2. The van der Waals surface area contributed by atoms with Crippen molar-refractivity contribution in [1.29, 1.82) is 0 Å². The van der Waals surface area contributed by atoms with Gasteiger partial charge < -0.3 is 9.84 Å². The third-order valence-corrected chi connectivity index (χ3v) is 6.14. The van der Waals surface area contributed by atoms with E-state index < -0.39 is 0 Å². The molecule has 0 bridgehead atoms. The molecule has 6 nitrogen and oxygen atoms in total. The van der Waals surface area contributed by atoms with Gasteiger partial charge in [-0.3, -0.25) is 4.79 Å². The summed E-state index contributed by atoms with van der Waals surface area (Å²) in [6.07, 6.45) is 0.609. The highest BCUT2D eigenvalue weighted by Gasteiger charge is 2.14. The number of nitrogens with zero attached hydrogens (tertiary/aromatic N) is 3. The predicted molar refractivity (Wildman–Crippen MR) is 126 cm³/mol. The van der Waals surface area contributed by atoms with Crippen molar-refractivity contribution in [3.63, 3.8) is 0 Å². The third-order valence-electron chi connectivity index (χ3n) is 5.07. The van der Waals surface area contributed by atoms with Gasteiger partial charge in [0.05, 0.1) is 15.9 Å². The highest BCUT2D eigenvalue weighted by molar-refractivity contribution is 7.21. The molecule has 0 aliphatic heterocycles. The van der Waals surface area contributed by atoms with Crippen LogP contribution in [0.5, 0.6) is 0 Å². The second-order valence-corrected chi connectivity index (χ2v) is 8.49. The van der Waals surface area contributed by atoms with E-state index in [1.54, 1.807) is 11.3 Å². The molecule has 0 atom stereocenters. The SMILES string of the molecule is Cc1ccc(-c2noc(CCC(=O)Nc3ccccc3-c3nc4ccccc4s3)n2)cc1. The van der Waals surface area contributed by atoms with Crippen LogP contribution in [0.4, 0.5) is 5.69 Å². The van der Waals surface area contributed by atoms with Crippen molar-refractivity contribution in [2.45, 2.75) is 19.8 Å². The van der Waals surface area contributed by atoms with Crippen LogP contribution >= 0.6 is 11.3 Å². The van der Waals surface area contributed by atoms with Crippen LogP contribution in [0.2, 0.25) is 0 Å². The molecule has 0 fully saturated rings. The largest absolute Gasteiger partial charge is 0.339 e. The number of thiazole rings is 1. The highest BCUT2D eigenvalue weighted by Crippen LogP contribution is 2.34. The van der Waals surface area contributed by atoms with E-state index in [1.807, 2.05) is 79.7 Å². The Bertz CT molecular complexity index is 1360.